The molecule has 39 heavy (non-hydrogen) atoms. The number of benzene rings is 2. The average Bonchev–Trinajstić information content (AvgIpc) is 2.97. The van der Waals surface area contributed by atoms with Gasteiger partial charge in [-0.05, 0) is 60.5 Å². The first-order valence-corrected chi connectivity index (χ1v) is 13.1. The topological polar surface area (TPSA) is 86.3 Å². The van der Waals surface area contributed by atoms with Crippen LogP contribution in [0.15, 0.2) is 79.3 Å². The van der Waals surface area contributed by atoms with Gasteiger partial charge in [-0.2, -0.15) is 0 Å². The van der Waals surface area contributed by atoms with Crippen molar-refractivity contribution in [2.45, 2.75) is 13.5 Å². The van der Waals surface area contributed by atoms with E-state index in [2.05, 4.69) is 35.4 Å². The van der Waals surface area contributed by atoms with E-state index in [0.29, 0.717) is 23.7 Å². The maximum Gasteiger partial charge on any atom is 0.255 e. The number of anilines is 3. The number of hydrogen-bond acceptors (Lipinski definition) is 7. The highest BCUT2D eigenvalue weighted by Gasteiger charge is 2.17. The molecule has 0 atom stereocenters. The van der Waals surface area contributed by atoms with E-state index in [9.17, 15) is 9.18 Å². The molecule has 3 heterocycles. The highest BCUT2D eigenvalue weighted by atomic mass is 19.1. The molecule has 4 aromatic rings. The summed E-state index contributed by atoms with van der Waals surface area (Å²) >= 11 is 0. The molecule has 9 heteroatoms. The van der Waals surface area contributed by atoms with Crippen LogP contribution in [0.25, 0.3) is 11.3 Å². The number of aryl methyl sites for hydroxylation is 1. The zero-order valence-corrected chi connectivity index (χ0v) is 22.0. The smallest absolute Gasteiger partial charge is 0.255 e. The Morgan fingerprint density at radius 3 is 2.51 bits per heavy atom. The predicted octanol–water partition coefficient (Wildman–Crippen LogP) is 4.93. The lowest BCUT2D eigenvalue weighted by Gasteiger charge is -2.34. The molecule has 0 aliphatic carbocycles. The van der Waals surface area contributed by atoms with Crippen LogP contribution < -0.4 is 10.6 Å². The van der Waals surface area contributed by atoms with Crippen LogP contribution in [0.4, 0.5) is 21.7 Å². The SMILES string of the molecule is Cc1ccc(NC(=O)c2ccc(CN3CCN(CCF)CC3)cc2)cc1Nc1nccc(-c2cccnc2)n1. The van der Waals surface area contributed by atoms with Crippen molar-refractivity contribution in [3.63, 3.8) is 0 Å². The van der Waals surface area contributed by atoms with Crippen molar-refractivity contribution >= 4 is 23.2 Å². The van der Waals surface area contributed by atoms with E-state index in [4.69, 9.17) is 0 Å². The predicted molar refractivity (Wildman–Crippen MR) is 152 cm³/mol. The van der Waals surface area contributed by atoms with E-state index in [-0.39, 0.29) is 12.6 Å². The molecule has 0 saturated carbocycles. The summed E-state index contributed by atoms with van der Waals surface area (Å²) in [6, 6.07) is 19.1. The molecule has 2 aromatic heterocycles. The van der Waals surface area contributed by atoms with Gasteiger partial charge in [-0.1, -0.05) is 18.2 Å². The fourth-order valence-electron chi connectivity index (χ4n) is 4.56. The fourth-order valence-corrected chi connectivity index (χ4v) is 4.56. The lowest BCUT2D eigenvalue weighted by atomic mass is 10.1. The number of pyridine rings is 1. The molecule has 1 amide bonds. The first-order chi connectivity index (χ1) is 19.1. The summed E-state index contributed by atoms with van der Waals surface area (Å²) < 4.78 is 12.6. The minimum Gasteiger partial charge on any atom is -0.324 e. The first kappa shape index (κ1) is 26.4. The molecular formula is C30H32FN7O. The maximum absolute atomic E-state index is 13.0. The van der Waals surface area contributed by atoms with Crippen molar-refractivity contribution in [1.82, 2.24) is 24.8 Å². The Hall–Kier alpha value is -4.21. The standard InChI is InChI=1S/C30H32FN7O/c1-22-4-9-26(19-28(22)36-30-33-13-10-27(35-30)25-3-2-12-32-20-25)34-29(39)24-7-5-23(6-8-24)21-38-17-15-37(14-11-31)16-18-38/h2-10,12-13,19-20H,11,14-18,21H2,1H3,(H,34,39)(H,33,35,36). The van der Waals surface area contributed by atoms with E-state index in [1.165, 1.54) is 0 Å². The van der Waals surface area contributed by atoms with Gasteiger partial charge in [0, 0.05) is 80.4 Å². The Morgan fingerprint density at radius 2 is 1.77 bits per heavy atom. The lowest BCUT2D eigenvalue weighted by Crippen LogP contribution is -2.46. The summed E-state index contributed by atoms with van der Waals surface area (Å²) in [7, 11) is 0. The molecule has 200 valence electrons. The lowest BCUT2D eigenvalue weighted by molar-refractivity contribution is 0.102. The second-order valence-corrected chi connectivity index (χ2v) is 9.62. The second-order valence-electron chi connectivity index (χ2n) is 9.62. The van der Waals surface area contributed by atoms with Crippen LogP contribution in [0.1, 0.15) is 21.5 Å². The van der Waals surface area contributed by atoms with Crippen molar-refractivity contribution in [2.75, 3.05) is 50.0 Å². The Morgan fingerprint density at radius 1 is 0.974 bits per heavy atom. The van der Waals surface area contributed by atoms with Crippen LogP contribution in [0.2, 0.25) is 0 Å². The van der Waals surface area contributed by atoms with E-state index in [1.807, 2.05) is 67.6 Å². The normalized spacial score (nSPS) is 14.2. The van der Waals surface area contributed by atoms with Gasteiger partial charge in [-0.3, -0.25) is 19.6 Å². The molecule has 1 aliphatic rings. The van der Waals surface area contributed by atoms with Crippen molar-refractivity contribution in [2.24, 2.45) is 0 Å². The molecule has 0 unspecified atom stereocenters. The number of nitrogens with zero attached hydrogens (tertiary/aromatic N) is 5. The molecule has 8 nitrogen and oxygen atoms in total. The van der Waals surface area contributed by atoms with Crippen LogP contribution in [0.5, 0.6) is 0 Å². The number of nitrogens with one attached hydrogen (secondary N) is 2. The minimum atomic E-state index is -0.293. The Kier molecular flexibility index (Phi) is 8.50. The van der Waals surface area contributed by atoms with Gasteiger partial charge >= 0.3 is 0 Å². The molecular weight excluding hydrogens is 493 g/mol. The third-order valence-corrected chi connectivity index (χ3v) is 6.84. The van der Waals surface area contributed by atoms with Gasteiger partial charge in [-0.15, -0.1) is 0 Å². The van der Waals surface area contributed by atoms with Crippen LogP contribution in [-0.2, 0) is 6.54 Å². The zero-order valence-electron chi connectivity index (χ0n) is 22.0. The van der Waals surface area contributed by atoms with Crippen LogP contribution in [0, 0.1) is 6.92 Å². The molecule has 1 saturated heterocycles. The zero-order chi connectivity index (χ0) is 27.0. The van der Waals surface area contributed by atoms with Gasteiger partial charge in [-0.25, -0.2) is 14.4 Å². The number of alkyl halides is 1. The Balaban J connectivity index is 1.20. The molecule has 0 radical (unpaired) electrons. The molecule has 2 N–H and O–H groups in total. The highest BCUT2D eigenvalue weighted by Crippen LogP contribution is 2.25. The van der Waals surface area contributed by atoms with Gasteiger partial charge in [0.05, 0.1) is 5.69 Å². The summed E-state index contributed by atoms with van der Waals surface area (Å²) in [4.78, 5) is 30.6. The molecule has 5 rings (SSSR count). The summed E-state index contributed by atoms with van der Waals surface area (Å²) in [5.41, 5.74) is 5.89. The number of hydrogen-bond donors (Lipinski definition) is 2. The Labute approximate surface area is 227 Å². The molecule has 0 spiro atoms. The molecule has 0 bridgehead atoms. The quantitative estimate of drug-likeness (QED) is 0.320. The van der Waals surface area contributed by atoms with E-state index >= 15 is 0 Å². The largest absolute Gasteiger partial charge is 0.324 e. The van der Waals surface area contributed by atoms with E-state index in [0.717, 1.165) is 60.8 Å². The second kappa shape index (κ2) is 12.6. The Bertz CT molecular complexity index is 1390. The van der Waals surface area contributed by atoms with Crippen LogP contribution in [-0.4, -0.2) is 70.1 Å². The minimum absolute atomic E-state index is 0.175. The van der Waals surface area contributed by atoms with Gasteiger partial charge in [0.15, 0.2) is 0 Å². The fraction of sp³-hybridized carbons (Fsp3) is 0.267. The maximum atomic E-state index is 13.0. The molecule has 2 aromatic carbocycles. The number of aromatic nitrogens is 3. The summed E-state index contributed by atoms with van der Waals surface area (Å²) in [5, 5.41) is 6.26. The third-order valence-electron chi connectivity index (χ3n) is 6.84. The van der Waals surface area contributed by atoms with Gasteiger partial charge < -0.3 is 10.6 Å². The number of piperazine rings is 1. The van der Waals surface area contributed by atoms with E-state index < -0.39 is 0 Å². The molecule has 1 aliphatic heterocycles. The first-order valence-electron chi connectivity index (χ1n) is 13.1. The van der Waals surface area contributed by atoms with Crippen molar-refractivity contribution in [3.05, 3.63) is 95.9 Å². The van der Waals surface area contributed by atoms with Gasteiger partial charge in [0.25, 0.3) is 5.91 Å². The number of amides is 1. The third kappa shape index (κ3) is 7.01. The number of carbonyl (C=O) groups excluding carboxylic acids is 1. The number of halogens is 1. The van der Waals surface area contributed by atoms with Gasteiger partial charge in [0.1, 0.15) is 6.67 Å². The monoisotopic (exact) mass is 525 g/mol. The van der Waals surface area contributed by atoms with Crippen molar-refractivity contribution < 1.29 is 9.18 Å². The highest BCUT2D eigenvalue weighted by molar-refractivity contribution is 6.04. The van der Waals surface area contributed by atoms with Crippen molar-refractivity contribution in [1.29, 1.82) is 0 Å². The van der Waals surface area contributed by atoms with Crippen LogP contribution in [0.3, 0.4) is 0 Å². The van der Waals surface area contributed by atoms with Crippen molar-refractivity contribution in [3.8, 4) is 11.3 Å². The summed E-state index contributed by atoms with van der Waals surface area (Å²) in [6.07, 6.45) is 5.19. The molecule has 1 fully saturated rings. The summed E-state index contributed by atoms with van der Waals surface area (Å²) in [5.74, 6) is 0.286. The van der Waals surface area contributed by atoms with Crippen LogP contribution >= 0.6 is 0 Å². The average molecular weight is 526 g/mol. The number of rotatable bonds is 9. The van der Waals surface area contributed by atoms with Gasteiger partial charge in [0.2, 0.25) is 5.95 Å². The summed E-state index contributed by atoms with van der Waals surface area (Å²) in [6.45, 7) is 6.65. The number of carbonyl (C=O) groups is 1. The van der Waals surface area contributed by atoms with E-state index in [1.54, 1.807) is 18.6 Å².